The molecule has 0 saturated heterocycles. The molecule has 0 aromatic heterocycles. The summed E-state index contributed by atoms with van der Waals surface area (Å²) in [5, 5.41) is 0. The van der Waals surface area contributed by atoms with Crippen molar-refractivity contribution >= 4 is 23.2 Å². The zero-order valence-electron chi connectivity index (χ0n) is 8.81. The quantitative estimate of drug-likeness (QED) is 0.588. The number of nitrogens with one attached hydrogen (secondary N) is 1. The van der Waals surface area contributed by atoms with Crippen molar-refractivity contribution in [3.63, 3.8) is 0 Å². The average Bonchev–Trinajstić information content (AvgIpc) is 2.53. The number of carbonyl (C=O) groups is 2. The molecule has 1 atom stereocenters. The first-order valence-electron chi connectivity index (χ1n) is 4.62. The molecule has 0 radical (unpaired) electrons. The van der Waals surface area contributed by atoms with Crippen molar-refractivity contribution in [1.82, 2.24) is 9.62 Å². The van der Waals surface area contributed by atoms with Crippen LogP contribution in [-0.4, -0.2) is 35.4 Å². The molecule has 2 amide bonds. The van der Waals surface area contributed by atoms with Gasteiger partial charge in [-0.05, 0) is 12.1 Å². The van der Waals surface area contributed by atoms with Crippen molar-refractivity contribution in [2.45, 2.75) is 4.90 Å². The second-order valence-corrected chi connectivity index (χ2v) is 4.77. The van der Waals surface area contributed by atoms with Gasteiger partial charge in [0.25, 0.3) is 11.8 Å². The van der Waals surface area contributed by atoms with Gasteiger partial charge in [-0.15, -0.1) is 4.72 Å². The van der Waals surface area contributed by atoms with Gasteiger partial charge in [-0.1, -0.05) is 0 Å². The molecule has 0 spiro atoms. The van der Waals surface area contributed by atoms with E-state index < -0.39 is 11.4 Å². The highest BCUT2D eigenvalue weighted by Crippen LogP contribution is 2.24. The van der Waals surface area contributed by atoms with Gasteiger partial charge in [0.2, 0.25) is 0 Å². The van der Waals surface area contributed by atoms with Gasteiger partial charge in [0.1, 0.15) is 0 Å². The lowest BCUT2D eigenvalue weighted by Crippen LogP contribution is -2.24. The monoisotopic (exact) mass is 238 g/mol. The van der Waals surface area contributed by atoms with Gasteiger partial charge in [-0.2, -0.15) is 0 Å². The lowest BCUT2D eigenvalue weighted by atomic mass is 10.1. The SMILES string of the molecule is CN[S+]([O-])c1ccc2c(c1)C(=O)N(C)C2=O. The molecule has 1 aromatic rings. The van der Waals surface area contributed by atoms with Crippen molar-refractivity contribution in [2.75, 3.05) is 14.1 Å². The number of nitrogens with zero attached hydrogens (tertiary/aromatic N) is 1. The van der Waals surface area contributed by atoms with E-state index in [0.717, 1.165) is 4.90 Å². The van der Waals surface area contributed by atoms with Crippen LogP contribution in [0.2, 0.25) is 0 Å². The Bertz CT molecular complexity index is 475. The Labute approximate surface area is 95.7 Å². The van der Waals surface area contributed by atoms with Gasteiger partial charge >= 0.3 is 0 Å². The molecule has 16 heavy (non-hydrogen) atoms. The van der Waals surface area contributed by atoms with Crippen molar-refractivity contribution in [3.8, 4) is 0 Å². The standard InChI is InChI=1S/C10H10N2O3S/c1-11-16(15)6-3-4-7-8(5-6)10(14)12(2)9(7)13/h3-5,11H,1-2H3. The third-order valence-electron chi connectivity index (χ3n) is 2.46. The zero-order chi connectivity index (χ0) is 11.9. The number of benzene rings is 1. The first-order chi connectivity index (χ1) is 7.56. The highest BCUT2D eigenvalue weighted by Gasteiger charge is 2.33. The average molecular weight is 238 g/mol. The smallest absolute Gasteiger partial charge is 0.261 e. The highest BCUT2D eigenvalue weighted by molar-refractivity contribution is 7.89. The van der Waals surface area contributed by atoms with Crippen LogP contribution >= 0.6 is 0 Å². The van der Waals surface area contributed by atoms with E-state index in [0.29, 0.717) is 16.0 Å². The van der Waals surface area contributed by atoms with Crippen LogP contribution in [0, 0.1) is 0 Å². The van der Waals surface area contributed by atoms with Crippen LogP contribution in [0.25, 0.3) is 0 Å². The summed E-state index contributed by atoms with van der Waals surface area (Å²) < 4.78 is 14.0. The van der Waals surface area contributed by atoms with Crippen LogP contribution < -0.4 is 4.72 Å². The van der Waals surface area contributed by atoms with E-state index in [1.165, 1.54) is 19.2 Å². The van der Waals surface area contributed by atoms with Crippen LogP contribution in [0.15, 0.2) is 23.1 Å². The van der Waals surface area contributed by atoms with E-state index in [2.05, 4.69) is 4.72 Å². The fraction of sp³-hybridized carbons (Fsp3) is 0.200. The van der Waals surface area contributed by atoms with E-state index in [9.17, 15) is 14.1 Å². The summed E-state index contributed by atoms with van der Waals surface area (Å²) in [6, 6.07) is 4.60. The minimum atomic E-state index is -1.35. The molecule has 1 aliphatic heterocycles. The molecule has 84 valence electrons. The van der Waals surface area contributed by atoms with Crippen LogP contribution in [0.5, 0.6) is 0 Å². The van der Waals surface area contributed by atoms with Crippen molar-refractivity contribution < 1.29 is 14.1 Å². The molecule has 0 saturated carbocycles. The third kappa shape index (κ3) is 1.51. The van der Waals surface area contributed by atoms with Crippen molar-refractivity contribution in [1.29, 1.82) is 0 Å². The van der Waals surface area contributed by atoms with E-state index in [1.54, 1.807) is 13.1 Å². The fourth-order valence-corrected chi connectivity index (χ4v) is 2.23. The Hall–Kier alpha value is -1.37. The maximum absolute atomic E-state index is 11.7. The summed E-state index contributed by atoms with van der Waals surface area (Å²) in [6.07, 6.45) is 0. The largest absolute Gasteiger partial charge is 0.593 e. The first-order valence-corrected chi connectivity index (χ1v) is 5.77. The molecule has 1 heterocycles. The lowest BCUT2D eigenvalue weighted by Gasteiger charge is -2.07. The van der Waals surface area contributed by atoms with Crippen LogP contribution in [-0.2, 0) is 11.4 Å². The van der Waals surface area contributed by atoms with Crippen molar-refractivity contribution in [3.05, 3.63) is 29.3 Å². The molecular weight excluding hydrogens is 228 g/mol. The van der Waals surface area contributed by atoms with E-state index >= 15 is 0 Å². The number of hydrogen-bond acceptors (Lipinski definition) is 4. The number of rotatable bonds is 2. The summed E-state index contributed by atoms with van der Waals surface area (Å²) in [5.74, 6) is -0.670. The van der Waals surface area contributed by atoms with Gasteiger partial charge in [0.05, 0.1) is 22.5 Å². The maximum Gasteiger partial charge on any atom is 0.261 e. The number of fused-ring (bicyclic) bond motifs is 1. The summed E-state index contributed by atoms with van der Waals surface area (Å²) in [4.78, 5) is 24.8. The molecule has 0 fully saturated rings. The molecule has 1 aromatic carbocycles. The Morgan fingerprint density at radius 3 is 2.50 bits per heavy atom. The number of carbonyl (C=O) groups excluding carboxylic acids is 2. The van der Waals surface area contributed by atoms with Gasteiger partial charge in [-0.25, -0.2) is 0 Å². The summed E-state index contributed by atoms with van der Waals surface area (Å²) in [7, 11) is 2.99. The normalized spacial score (nSPS) is 16.6. The summed E-state index contributed by atoms with van der Waals surface area (Å²) in [6.45, 7) is 0. The number of hydrogen-bond donors (Lipinski definition) is 1. The Morgan fingerprint density at radius 2 is 1.88 bits per heavy atom. The van der Waals surface area contributed by atoms with Gasteiger partial charge in [-0.3, -0.25) is 14.5 Å². The van der Waals surface area contributed by atoms with Gasteiger partial charge in [0, 0.05) is 20.2 Å². The second-order valence-electron chi connectivity index (χ2n) is 3.35. The van der Waals surface area contributed by atoms with Crippen LogP contribution in [0.3, 0.4) is 0 Å². The number of imide groups is 1. The molecule has 0 aliphatic carbocycles. The Morgan fingerprint density at radius 1 is 1.25 bits per heavy atom. The molecular formula is C10H10N2O3S. The Balaban J connectivity index is 2.49. The third-order valence-corrected chi connectivity index (χ3v) is 3.51. The van der Waals surface area contributed by atoms with E-state index in [4.69, 9.17) is 0 Å². The minimum absolute atomic E-state index is 0.314. The highest BCUT2D eigenvalue weighted by atomic mass is 32.2. The zero-order valence-corrected chi connectivity index (χ0v) is 9.63. The predicted molar refractivity (Wildman–Crippen MR) is 58.3 cm³/mol. The van der Waals surface area contributed by atoms with E-state index in [-0.39, 0.29) is 11.8 Å². The Kier molecular flexibility index (Phi) is 2.71. The second kappa shape index (κ2) is 3.89. The summed E-state index contributed by atoms with van der Waals surface area (Å²) in [5.41, 5.74) is 0.679. The molecule has 6 heteroatoms. The van der Waals surface area contributed by atoms with Crippen molar-refractivity contribution in [2.24, 2.45) is 0 Å². The van der Waals surface area contributed by atoms with Gasteiger partial charge < -0.3 is 4.55 Å². The molecule has 2 rings (SSSR count). The van der Waals surface area contributed by atoms with E-state index in [1.807, 2.05) is 0 Å². The molecule has 0 bridgehead atoms. The molecule has 1 N–H and O–H groups in total. The first kappa shape index (κ1) is 11.1. The molecule has 5 nitrogen and oxygen atoms in total. The molecule has 1 aliphatic rings. The van der Waals surface area contributed by atoms with Crippen LogP contribution in [0.1, 0.15) is 20.7 Å². The summed E-state index contributed by atoms with van der Waals surface area (Å²) >= 11 is -1.35. The number of amides is 2. The maximum atomic E-state index is 11.7. The fourth-order valence-electron chi connectivity index (χ4n) is 1.57. The van der Waals surface area contributed by atoms with Gasteiger partial charge in [0.15, 0.2) is 4.90 Å². The predicted octanol–water partition coefficient (Wildman–Crippen LogP) is 0.154. The minimum Gasteiger partial charge on any atom is -0.593 e. The topological polar surface area (TPSA) is 72.5 Å². The molecule has 1 unspecified atom stereocenters. The van der Waals surface area contributed by atoms with Crippen LogP contribution in [0.4, 0.5) is 0 Å². The lowest BCUT2D eigenvalue weighted by molar-refractivity contribution is 0.0693.